The molecule has 5 heteroatoms. The lowest BCUT2D eigenvalue weighted by molar-refractivity contribution is -0.177. The van der Waals surface area contributed by atoms with Gasteiger partial charge in [-0.15, -0.1) is 0 Å². The minimum absolute atomic E-state index is 0.213. The minimum Gasteiger partial charge on any atom is -0.338 e. The van der Waals surface area contributed by atoms with Gasteiger partial charge in [0.25, 0.3) is 11.8 Å². The number of benzene rings is 4. The van der Waals surface area contributed by atoms with E-state index in [4.69, 9.17) is 9.47 Å². The number of carbonyl (C=O) groups is 2. The van der Waals surface area contributed by atoms with Gasteiger partial charge in [0.2, 0.25) is 5.79 Å². The quantitative estimate of drug-likeness (QED) is 0.107. The summed E-state index contributed by atoms with van der Waals surface area (Å²) in [5.74, 6) is -0.266. The van der Waals surface area contributed by atoms with Crippen LogP contribution in [-0.2, 0) is 32.2 Å². The Labute approximate surface area is 290 Å². The molecule has 0 spiro atoms. The Balaban J connectivity index is 0.965. The van der Waals surface area contributed by atoms with Crippen molar-refractivity contribution < 1.29 is 19.1 Å². The lowest BCUT2D eigenvalue weighted by Crippen LogP contribution is -2.40. The summed E-state index contributed by atoms with van der Waals surface area (Å²) in [4.78, 5) is 28.7. The molecule has 6 atom stereocenters. The number of carbonyl (C=O) groups excluding carboxylic acids is 2. The standard InChI is InChI=1S/C44H45NO4/c1-29(35-11-7-5-8-12-35)25-31(3)37-19-15-33(16-20-37)27-45-42(46)40-39-23-24-44(49-39,41(40)43(45)47)48-28-34-17-21-38(22-18-34)32(4)26-30(2)36-13-9-6-10-14-36/h5-24,29-32,39H,25-28H2,1-4H3. The van der Waals surface area contributed by atoms with E-state index in [1.165, 1.54) is 27.2 Å². The highest BCUT2D eigenvalue weighted by Crippen LogP contribution is 2.49. The van der Waals surface area contributed by atoms with Gasteiger partial charge >= 0.3 is 0 Å². The van der Waals surface area contributed by atoms with Crippen molar-refractivity contribution in [3.8, 4) is 0 Å². The van der Waals surface area contributed by atoms with Crippen LogP contribution in [0.4, 0.5) is 0 Å². The normalized spacial score (nSPS) is 22.0. The van der Waals surface area contributed by atoms with Crippen LogP contribution >= 0.6 is 0 Å². The molecule has 0 saturated carbocycles. The fraction of sp³-hybridized carbons (Fsp3) is 0.318. The molecule has 7 rings (SSSR count). The highest BCUT2D eigenvalue weighted by molar-refractivity contribution is 6.22. The minimum atomic E-state index is -1.34. The van der Waals surface area contributed by atoms with Gasteiger partial charge in [-0.2, -0.15) is 0 Å². The predicted molar refractivity (Wildman–Crippen MR) is 193 cm³/mol. The van der Waals surface area contributed by atoms with Crippen molar-refractivity contribution in [2.24, 2.45) is 0 Å². The van der Waals surface area contributed by atoms with Gasteiger partial charge < -0.3 is 9.47 Å². The topological polar surface area (TPSA) is 55.8 Å². The number of ether oxygens (including phenoxy) is 2. The maximum absolute atomic E-state index is 13.8. The highest BCUT2D eigenvalue weighted by atomic mass is 16.7. The van der Waals surface area contributed by atoms with E-state index in [0.29, 0.717) is 34.8 Å². The van der Waals surface area contributed by atoms with Crippen molar-refractivity contribution in [2.75, 3.05) is 0 Å². The van der Waals surface area contributed by atoms with Gasteiger partial charge in [0, 0.05) is 0 Å². The molecule has 5 nitrogen and oxygen atoms in total. The van der Waals surface area contributed by atoms with Gasteiger partial charge in [-0.3, -0.25) is 14.5 Å². The van der Waals surface area contributed by atoms with Gasteiger partial charge in [-0.05, 0) is 82.0 Å². The van der Waals surface area contributed by atoms with Crippen LogP contribution in [0.1, 0.15) is 97.6 Å². The summed E-state index contributed by atoms with van der Waals surface area (Å²) >= 11 is 0. The van der Waals surface area contributed by atoms with E-state index in [2.05, 4.69) is 125 Å². The van der Waals surface area contributed by atoms with E-state index < -0.39 is 11.9 Å². The van der Waals surface area contributed by atoms with Crippen LogP contribution in [0, 0.1) is 0 Å². The summed E-state index contributed by atoms with van der Waals surface area (Å²) in [7, 11) is 0. The van der Waals surface area contributed by atoms with Crippen molar-refractivity contribution in [1.29, 1.82) is 0 Å². The van der Waals surface area contributed by atoms with Crippen LogP contribution in [0.25, 0.3) is 0 Å². The Hall–Kier alpha value is -4.58. The Morgan fingerprint density at radius 2 is 1.10 bits per heavy atom. The average Bonchev–Trinajstić information content (AvgIpc) is 3.78. The largest absolute Gasteiger partial charge is 0.338 e. The second kappa shape index (κ2) is 13.7. The van der Waals surface area contributed by atoms with Gasteiger partial charge in [0.05, 0.1) is 24.3 Å². The lowest BCUT2D eigenvalue weighted by atomic mass is 9.87. The van der Waals surface area contributed by atoms with Crippen LogP contribution < -0.4 is 0 Å². The van der Waals surface area contributed by atoms with Gasteiger partial charge in [-0.1, -0.05) is 137 Å². The molecule has 3 aliphatic heterocycles. The SMILES string of the molecule is CC(CC(C)c1ccc(COC23C=CC(O2)C2=C3C(=O)N(Cc3ccc(C(C)CC(C)c4ccccc4)cc3)C2=O)cc1)c1ccccc1. The number of amides is 2. The maximum Gasteiger partial charge on any atom is 0.263 e. The Morgan fingerprint density at radius 3 is 1.61 bits per heavy atom. The number of hydrogen-bond donors (Lipinski definition) is 0. The Kier molecular flexibility index (Phi) is 9.23. The third-order valence-corrected chi connectivity index (χ3v) is 10.7. The number of fused-ring (bicyclic) bond motifs is 4. The summed E-state index contributed by atoms with van der Waals surface area (Å²) in [6, 6.07) is 38.0. The summed E-state index contributed by atoms with van der Waals surface area (Å²) in [5, 5.41) is 0. The molecular weight excluding hydrogens is 606 g/mol. The lowest BCUT2D eigenvalue weighted by Gasteiger charge is -2.27. The molecule has 49 heavy (non-hydrogen) atoms. The van der Waals surface area contributed by atoms with Gasteiger partial charge in [0.15, 0.2) is 0 Å². The summed E-state index contributed by atoms with van der Waals surface area (Å²) in [6.07, 6.45) is 5.15. The molecule has 0 aliphatic carbocycles. The maximum atomic E-state index is 13.8. The summed E-state index contributed by atoms with van der Waals surface area (Å²) in [6.45, 7) is 9.54. The van der Waals surface area contributed by atoms with E-state index in [-0.39, 0.29) is 25.0 Å². The van der Waals surface area contributed by atoms with Crippen LogP contribution in [0.5, 0.6) is 0 Å². The summed E-state index contributed by atoms with van der Waals surface area (Å²) < 4.78 is 12.5. The number of imide groups is 1. The zero-order valence-electron chi connectivity index (χ0n) is 28.8. The molecule has 2 bridgehead atoms. The zero-order valence-corrected chi connectivity index (χ0v) is 28.8. The molecule has 0 radical (unpaired) electrons. The smallest absolute Gasteiger partial charge is 0.263 e. The molecule has 0 aromatic heterocycles. The number of rotatable bonds is 13. The summed E-state index contributed by atoms with van der Waals surface area (Å²) in [5.41, 5.74) is 7.87. The van der Waals surface area contributed by atoms with Crippen molar-refractivity contribution in [1.82, 2.24) is 4.90 Å². The third-order valence-electron chi connectivity index (χ3n) is 10.7. The fourth-order valence-electron chi connectivity index (χ4n) is 7.71. The average molecular weight is 652 g/mol. The van der Waals surface area contributed by atoms with E-state index in [1.807, 2.05) is 18.2 Å². The number of hydrogen-bond acceptors (Lipinski definition) is 4. The van der Waals surface area contributed by atoms with Crippen LogP contribution in [0.2, 0.25) is 0 Å². The van der Waals surface area contributed by atoms with Crippen molar-refractivity contribution in [3.63, 3.8) is 0 Å². The molecule has 0 fully saturated rings. The van der Waals surface area contributed by atoms with Crippen LogP contribution in [0.3, 0.4) is 0 Å². The van der Waals surface area contributed by atoms with E-state index in [1.54, 1.807) is 6.08 Å². The number of nitrogens with zero attached hydrogens (tertiary/aromatic N) is 1. The molecule has 0 N–H and O–H groups in total. The first-order valence-corrected chi connectivity index (χ1v) is 17.6. The molecule has 4 aromatic rings. The monoisotopic (exact) mass is 651 g/mol. The molecule has 3 aliphatic rings. The molecule has 2 amide bonds. The van der Waals surface area contributed by atoms with Crippen LogP contribution in [-0.4, -0.2) is 28.6 Å². The first-order valence-electron chi connectivity index (χ1n) is 17.6. The molecule has 6 unspecified atom stereocenters. The highest BCUT2D eigenvalue weighted by Gasteiger charge is 2.60. The zero-order chi connectivity index (χ0) is 34.1. The van der Waals surface area contributed by atoms with E-state index in [0.717, 1.165) is 24.0 Å². The second-order valence-electron chi connectivity index (χ2n) is 14.2. The van der Waals surface area contributed by atoms with E-state index >= 15 is 0 Å². The first kappa shape index (κ1) is 32.9. The molecule has 250 valence electrons. The Bertz CT molecular complexity index is 1860. The third kappa shape index (κ3) is 6.58. The van der Waals surface area contributed by atoms with Crippen molar-refractivity contribution in [3.05, 3.63) is 166 Å². The van der Waals surface area contributed by atoms with Gasteiger partial charge in [0.1, 0.15) is 6.10 Å². The Morgan fingerprint density at radius 1 is 0.633 bits per heavy atom. The van der Waals surface area contributed by atoms with Crippen LogP contribution in [0.15, 0.2) is 132 Å². The van der Waals surface area contributed by atoms with Gasteiger partial charge in [-0.25, -0.2) is 0 Å². The second-order valence-corrected chi connectivity index (χ2v) is 14.2. The van der Waals surface area contributed by atoms with Crippen molar-refractivity contribution >= 4 is 11.8 Å². The predicted octanol–water partition coefficient (Wildman–Crippen LogP) is 9.33. The van der Waals surface area contributed by atoms with Crippen molar-refractivity contribution in [2.45, 2.75) is 89.3 Å². The van der Waals surface area contributed by atoms with E-state index in [9.17, 15) is 9.59 Å². The molecule has 4 aromatic carbocycles. The molecular formula is C44H45NO4. The molecule has 3 heterocycles. The fourth-order valence-corrected chi connectivity index (χ4v) is 7.71. The first-order chi connectivity index (χ1) is 23.7. The molecule has 0 saturated heterocycles.